The Hall–Kier alpha value is -2.27. The molecule has 2 amide bonds. The normalized spacial score (nSPS) is 20.0. The summed E-state index contributed by atoms with van der Waals surface area (Å²) in [4.78, 5) is 11.8. The number of ether oxygens (including phenoxy) is 1. The lowest BCUT2D eigenvalue weighted by Crippen LogP contribution is -2.39. The Bertz CT molecular complexity index is 684. The zero-order valence-electron chi connectivity index (χ0n) is 13.7. The minimum absolute atomic E-state index is 0.182. The molecule has 1 saturated carbocycles. The van der Waals surface area contributed by atoms with Gasteiger partial charge in [-0.2, -0.15) is 0 Å². The second kappa shape index (κ2) is 8.02. The third-order valence-electron chi connectivity index (χ3n) is 4.46. The number of nitrogens with one attached hydrogen (secondary N) is 2. The summed E-state index contributed by atoms with van der Waals surface area (Å²) in [6.45, 7) is 1.49. The summed E-state index contributed by atoms with van der Waals surface area (Å²) < 4.78 is 5.79. The van der Waals surface area contributed by atoms with Crippen LogP contribution in [0.4, 0.5) is 4.79 Å². The molecule has 0 bridgehead atoms. The predicted octanol–water partition coefficient (Wildman–Crippen LogP) is 2.68. The van der Waals surface area contributed by atoms with E-state index >= 15 is 0 Å². The van der Waals surface area contributed by atoms with Crippen LogP contribution in [-0.2, 0) is 0 Å². The maximum absolute atomic E-state index is 11.8. The first kappa shape index (κ1) is 16.6. The number of benzene rings is 2. The Morgan fingerprint density at radius 1 is 1.12 bits per heavy atom. The standard InChI is InChI=1S/C19H24N2O3/c22-16-9-8-14(12-16)13-21-19(23)20-10-11-24-18-7-3-5-15-4-1-2-6-17(15)18/h1-7,14,16,22H,8-13H2,(H2,20,21,23)/t14-,16+/m0/s1. The molecule has 3 N–H and O–H groups in total. The lowest BCUT2D eigenvalue weighted by Gasteiger charge is -2.13. The van der Waals surface area contributed by atoms with Crippen LogP contribution in [0.5, 0.6) is 5.75 Å². The second-order valence-electron chi connectivity index (χ2n) is 6.30. The SMILES string of the molecule is O=C(NCCOc1cccc2ccccc12)NC[C@H]1CC[C@@H](O)C1. The maximum atomic E-state index is 11.8. The highest BCUT2D eigenvalue weighted by Gasteiger charge is 2.22. The van der Waals surface area contributed by atoms with Crippen molar-refractivity contribution >= 4 is 16.8 Å². The first-order valence-electron chi connectivity index (χ1n) is 8.52. The lowest BCUT2D eigenvalue weighted by atomic mass is 10.1. The van der Waals surface area contributed by atoms with E-state index in [9.17, 15) is 9.90 Å². The van der Waals surface area contributed by atoms with Gasteiger partial charge in [-0.1, -0.05) is 36.4 Å². The molecule has 0 aliphatic heterocycles. The van der Waals surface area contributed by atoms with Crippen molar-refractivity contribution in [3.8, 4) is 5.75 Å². The van der Waals surface area contributed by atoms with Crippen LogP contribution in [0.25, 0.3) is 10.8 Å². The van der Waals surface area contributed by atoms with Crippen LogP contribution in [0.1, 0.15) is 19.3 Å². The highest BCUT2D eigenvalue weighted by Crippen LogP contribution is 2.25. The van der Waals surface area contributed by atoms with Crippen molar-refractivity contribution in [3.05, 3.63) is 42.5 Å². The van der Waals surface area contributed by atoms with E-state index in [-0.39, 0.29) is 12.1 Å². The zero-order valence-corrected chi connectivity index (χ0v) is 13.7. The number of aliphatic hydroxyl groups excluding tert-OH is 1. The average molecular weight is 328 g/mol. The van der Waals surface area contributed by atoms with Crippen molar-refractivity contribution in [1.82, 2.24) is 10.6 Å². The minimum Gasteiger partial charge on any atom is -0.491 e. The molecule has 2 aromatic rings. The van der Waals surface area contributed by atoms with Gasteiger partial charge in [-0.05, 0) is 36.6 Å². The van der Waals surface area contributed by atoms with Gasteiger partial charge in [-0.15, -0.1) is 0 Å². The average Bonchev–Trinajstić information content (AvgIpc) is 3.02. The van der Waals surface area contributed by atoms with Gasteiger partial charge in [0.1, 0.15) is 12.4 Å². The van der Waals surface area contributed by atoms with Crippen molar-refractivity contribution in [2.75, 3.05) is 19.7 Å². The van der Waals surface area contributed by atoms with Gasteiger partial charge >= 0.3 is 6.03 Å². The number of urea groups is 1. The fourth-order valence-electron chi connectivity index (χ4n) is 3.18. The fourth-order valence-corrected chi connectivity index (χ4v) is 3.18. The van der Waals surface area contributed by atoms with Gasteiger partial charge in [-0.3, -0.25) is 0 Å². The number of hydrogen-bond donors (Lipinski definition) is 3. The molecule has 3 rings (SSSR count). The lowest BCUT2D eigenvalue weighted by molar-refractivity contribution is 0.177. The summed E-state index contributed by atoms with van der Waals surface area (Å²) in [5, 5.41) is 17.3. The number of fused-ring (bicyclic) bond motifs is 1. The predicted molar refractivity (Wildman–Crippen MR) is 94.2 cm³/mol. The zero-order chi connectivity index (χ0) is 16.8. The third-order valence-corrected chi connectivity index (χ3v) is 4.46. The van der Waals surface area contributed by atoms with Crippen LogP contribution in [0.15, 0.2) is 42.5 Å². The van der Waals surface area contributed by atoms with Gasteiger partial charge in [-0.25, -0.2) is 4.79 Å². The molecule has 24 heavy (non-hydrogen) atoms. The van der Waals surface area contributed by atoms with E-state index < -0.39 is 0 Å². The van der Waals surface area contributed by atoms with Gasteiger partial charge in [0.15, 0.2) is 0 Å². The Morgan fingerprint density at radius 3 is 2.79 bits per heavy atom. The molecule has 0 aromatic heterocycles. The molecule has 1 fully saturated rings. The Labute approximate surface area is 142 Å². The van der Waals surface area contributed by atoms with E-state index in [0.717, 1.165) is 35.8 Å². The van der Waals surface area contributed by atoms with Gasteiger partial charge in [0.2, 0.25) is 0 Å². The van der Waals surface area contributed by atoms with E-state index in [1.165, 1.54) is 0 Å². The van der Waals surface area contributed by atoms with Crippen LogP contribution in [0, 0.1) is 5.92 Å². The molecule has 0 spiro atoms. The summed E-state index contributed by atoms with van der Waals surface area (Å²) in [7, 11) is 0. The number of amides is 2. The van der Waals surface area contributed by atoms with Gasteiger partial charge < -0.3 is 20.5 Å². The van der Waals surface area contributed by atoms with Crippen LogP contribution in [0.3, 0.4) is 0 Å². The monoisotopic (exact) mass is 328 g/mol. The third kappa shape index (κ3) is 4.38. The van der Waals surface area contributed by atoms with E-state index in [0.29, 0.717) is 25.6 Å². The summed E-state index contributed by atoms with van der Waals surface area (Å²) in [6, 6.07) is 13.8. The summed E-state index contributed by atoms with van der Waals surface area (Å²) in [5.74, 6) is 1.22. The molecule has 128 valence electrons. The van der Waals surface area contributed by atoms with Crippen LogP contribution in [-0.4, -0.2) is 36.9 Å². The molecule has 0 heterocycles. The number of carbonyl (C=O) groups excluding carboxylic acids is 1. The van der Waals surface area contributed by atoms with E-state index in [2.05, 4.69) is 10.6 Å². The molecule has 0 unspecified atom stereocenters. The Kier molecular flexibility index (Phi) is 5.54. The van der Waals surface area contributed by atoms with Crippen LogP contribution >= 0.6 is 0 Å². The fraction of sp³-hybridized carbons (Fsp3) is 0.421. The second-order valence-corrected chi connectivity index (χ2v) is 6.30. The van der Waals surface area contributed by atoms with Crippen molar-refractivity contribution in [1.29, 1.82) is 0 Å². The topological polar surface area (TPSA) is 70.6 Å². The van der Waals surface area contributed by atoms with Crippen molar-refractivity contribution < 1.29 is 14.6 Å². The quantitative estimate of drug-likeness (QED) is 0.714. The largest absolute Gasteiger partial charge is 0.491 e. The molecule has 5 heteroatoms. The number of hydrogen-bond acceptors (Lipinski definition) is 3. The van der Waals surface area contributed by atoms with Gasteiger partial charge in [0, 0.05) is 11.9 Å². The van der Waals surface area contributed by atoms with Gasteiger partial charge in [0.05, 0.1) is 12.6 Å². The maximum Gasteiger partial charge on any atom is 0.314 e. The molecule has 2 atom stereocenters. The first-order chi connectivity index (χ1) is 11.7. The number of rotatable bonds is 6. The summed E-state index contributed by atoms with van der Waals surface area (Å²) >= 11 is 0. The number of carbonyl (C=O) groups is 1. The molecular weight excluding hydrogens is 304 g/mol. The number of aliphatic hydroxyl groups is 1. The minimum atomic E-state index is -0.200. The first-order valence-corrected chi connectivity index (χ1v) is 8.52. The van der Waals surface area contributed by atoms with Crippen LogP contribution in [0.2, 0.25) is 0 Å². The summed E-state index contributed by atoms with van der Waals surface area (Å²) in [5.41, 5.74) is 0. The molecule has 1 aliphatic carbocycles. The molecule has 1 aliphatic rings. The highest BCUT2D eigenvalue weighted by atomic mass is 16.5. The van der Waals surface area contributed by atoms with Crippen molar-refractivity contribution in [2.45, 2.75) is 25.4 Å². The Balaban J connectivity index is 1.38. The molecule has 0 saturated heterocycles. The van der Waals surface area contributed by atoms with E-state index in [1.54, 1.807) is 0 Å². The van der Waals surface area contributed by atoms with Crippen molar-refractivity contribution in [3.63, 3.8) is 0 Å². The van der Waals surface area contributed by atoms with E-state index in [1.807, 2.05) is 42.5 Å². The Morgan fingerprint density at radius 2 is 1.96 bits per heavy atom. The van der Waals surface area contributed by atoms with Crippen molar-refractivity contribution in [2.24, 2.45) is 5.92 Å². The molecule has 0 radical (unpaired) electrons. The van der Waals surface area contributed by atoms with Crippen LogP contribution < -0.4 is 15.4 Å². The van der Waals surface area contributed by atoms with E-state index in [4.69, 9.17) is 4.74 Å². The highest BCUT2D eigenvalue weighted by molar-refractivity contribution is 5.88. The molecule has 2 aromatic carbocycles. The molecular formula is C19H24N2O3. The molecule has 5 nitrogen and oxygen atoms in total. The summed E-state index contributed by atoms with van der Waals surface area (Å²) in [6.07, 6.45) is 2.40. The van der Waals surface area contributed by atoms with Gasteiger partial charge in [0.25, 0.3) is 0 Å². The smallest absolute Gasteiger partial charge is 0.314 e.